The smallest absolute Gasteiger partial charge is 0.161 e. The number of methoxy groups -OCH3 is 1. The quantitative estimate of drug-likeness (QED) is 0.232. The van der Waals surface area contributed by atoms with Gasteiger partial charge in [0.05, 0.1) is 13.3 Å². The molecule has 0 bridgehead atoms. The van der Waals surface area contributed by atoms with Crippen molar-refractivity contribution in [1.29, 1.82) is 0 Å². The molecular weight excluding hydrogens is 410 g/mol. The standard InChI is InChI=1S/C26H22ClNO3/c1-29-26-15-20(11-14-25(26)30-17-19-9-12-23(27)13-10-19)16-28-31-18-22-7-4-6-21-5-2-3-8-24(21)22/h2-16H,17-18H2,1H3. The van der Waals surface area contributed by atoms with Gasteiger partial charge in [-0.25, -0.2) is 0 Å². The van der Waals surface area contributed by atoms with E-state index in [1.54, 1.807) is 13.3 Å². The molecule has 0 unspecified atom stereocenters. The van der Waals surface area contributed by atoms with E-state index in [2.05, 4.69) is 23.4 Å². The molecule has 0 aliphatic heterocycles. The molecule has 5 heteroatoms. The fourth-order valence-corrected chi connectivity index (χ4v) is 3.37. The zero-order valence-corrected chi connectivity index (χ0v) is 17.9. The minimum atomic E-state index is 0.400. The summed E-state index contributed by atoms with van der Waals surface area (Å²) in [5.74, 6) is 1.29. The first-order valence-corrected chi connectivity index (χ1v) is 10.3. The van der Waals surface area contributed by atoms with E-state index in [-0.39, 0.29) is 0 Å². The molecule has 0 aromatic heterocycles. The fraction of sp³-hybridized carbons (Fsp3) is 0.115. The lowest BCUT2D eigenvalue weighted by atomic mass is 10.1. The maximum Gasteiger partial charge on any atom is 0.161 e. The summed E-state index contributed by atoms with van der Waals surface area (Å²) in [6.45, 7) is 0.826. The summed E-state index contributed by atoms with van der Waals surface area (Å²) in [5, 5.41) is 7.18. The lowest BCUT2D eigenvalue weighted by Gasteiger charge is -2.11. The molecule has 4 aromatic rings. The van der Waals surface area contributed by atoms with Crippen LogP contribution in [0.1, 0.15) is 16.7 Å². The highest BCUT2D eigenvalue weighted by Crippen LogP contribution is 2.28. The number of nitrogens with zero attached hydrogens (tertiary/aromatic N) is 1. The van der Waals surface area contributed by atoms with Crippen LogP contribution in [-0.4, -0.2) is 13.3 Å². The predicted molar refractivity (Wildman–Crippen MR) is 125 cm³/mol. The zero-order chi connectivity index (χ0) is 21.5. The first-order valence-electron chi connectivity index (χ1n) is 9.90. The van der Waals surface area contributed by atoms with Crippen LogP contribution < -0.4 is 9.47 Å². The van der Waals surface area contributed by atoms with Crippen molar-refractivity contribution in [3.05, 3.63) is 107 Å². The fourth-order valence-electron chi connectivity index (χ4n) is 3.25. The number of benzene rings is 4. The van der Waals surface area contributed by atoms with Gasteiger partial charge < -0.3 is 14.3 Å². The summed E-state index contributed by atoms with van der Waals surface area (Å²) in [4.78, 5) is 5.54. The van der Waals surface area contributed by atoms with Crippen molar-refractivity contribution < 1.29 is 14.3 Å². The third kappa shape index (κ3) is 5.36. The number of hydrogen-bond donors (Lipinski definition) is 0. The molecule has 4 aromatic carbocycles. The summed E-state index contributed by atoms with van der Waals surface area (Å²) in [6.07, 6.45) is 1.66. The van der Waals surface area contributed by atoms with Crippen molar-refractivity contribution in [2.45, 2.75) is 13.2 Å². The van der Waals surface area contributed by atoms with Crippen molar-refractivity contribution in [3.63, 3.8) is 0 Å². The van der Waals surface area contributed by atoms with Crippen LogP contribution in [0, 0.1) is 0 Å². The SMILES string of the molecule is COc1cc(C=NOCc2cccc3ccccc23)ccc1OCc1ccc(Cl)cc1. The van der Waals surface area contributed by atoms with Crippen LogP contribution in [0.15, 0.2) is 90.1 Å². The van der Waals surface area contributed by atoms with Crippen LogP contribution in [0.5, 0.6) is 11.5 Å². The summed E-state index contributed by atoms with van der Waals surface area (Å²) in [6, 6.07) is 27.6. The third-order valence-electron chi connectivity index (χ3n) is 4.87. The second-order valence-electron chi connectivity index (χ2n) is 6.97. The normalized spacial score (nSPS) is 11.0. The summed E-state index contributed by atoms with van der Waals surface area (Å²) < 4.78 is 11.4. The molecule has 31 heavy (non-hydrogen) atoms. The van der Waals surface area contributed by atoms with Gasteiger partial charge >= 0.3 is 0 Å². The van der Waals surface area contributed by atoms with Gasteiger partial charge in [0.1, 0.15) is 13.2 Å². The molecule has 0 radical (unpaired) electrons. The minimum Gasteiger partial charge on any atom is -0.493 e. The Hall–Kier alpha value is -3.50. The summed E-state index contributed by atoms with van der Waals surface area (Å²) in [5.41, 5.74) is 2.98. The van der Waals surface area contributed by atoms with E-state index in [0.29, 0.717) is 29.7 Å². The molecule has 0 aliphatic carbocycles. The number of ether oxygens (including phenoxy) is 2. The monoisotopic (exact) mass is 431 g/mol. The Balaban J connectivity index is 1.38. The third-order valence-corrected chi connectivity index (χ3v) is 5.12. The Kier molecular flexibility index (Phi) is 6.70. The van der Waals surface area contributed by atoms with E-state index in [1.165, 1.54) is 10.8 Å². The molecule has 4 nitrogen and oxygen atoms in total. The van der Waals surface area contributed by atoms with Gasteiger partial charge in [-0.1, -0.05) is 71.4 Å². The van der Waals surface area contributed by atoms with E-state index in [1.807, 2.05) is 66.7 Å². The highest BCUT2D eigenvalue weighted by molar-refractivity contribution is 6.30. The highest BCUT2D eigenvalue weighted by Gasteiger charge is 2.06. The molecule has 0 spiro atoms. The highest BCUT2D eigenvalue weighted by atomic mass is 35.5. The van der Waals surface area contributed by atoms with Gasteiger partial charge in [-0.15, -0.1) is 0 Å². The van der Waals surface area contributed by atoms with Crippen LogP contribution in [0.2, 0.25) is 5.02 Å². The van der Waals surface area contributed by atoms with E-state index in [0.717, 1.165) is 16.7 Å². The molecule has 0 heterocycles. The minimum absolute atomic E-state index is 0.400. The predicted octanol–water partition coefficient (Wildman–Crippen LogP) is 6.63. The Morgan fingerprint density at radius 3 is 2.48 bits per heavy atom. The van der Waals surface area contributed by atoms with Gasteiger partial charge in [0.15, 0.2) is 11.5 Å². The number of oxime groups is 1. The van der Waals surface area contributed by atoms with Crippen LogP contribution >= 0.6 is 11.6 Å². The van der Waals surface area contributed by atoms with E-state index >= 15 is 0 Å². The van der Waals surface area contributed by atoms with Crippen LogP contribution in [0.3, 0.4) is 0 Å². The van der Waals surface area contributed by atoms with Crippen molar-refractivity contribution >= 4 is 28.6 Å². The van der Waals surface area contributed by atoms with E-state index in [9.17, 15) is 0 Å². The number of hydrogen-bond acceptors (Lipinski definition) is 4. The number of fused-ring (bicyclic) bond motifs is 1. The Bertz CT molecular complexity index is 1180. The first-order chi connectivity index (χ1) is 15.2. The molecule has 0 atom stereocenters. The molecule has 0 amide bonds. The molecule has 0 saturated heterocycles. The van der Waals surface area contributed by atoms with E-state index in [4.69, 9.17) is 25.9 Å². The van der Waals surface area contributed by atoms with Crippen molar-refractivity contribution in [2.24, 2.45) is 5.16 Å². The number of halogens is 1. The van der Waals surface area contributed by atoms with Crippen LogP contribution in [-0.2, 0) is 18.1 Å². The van der Waals surface area contributed by atoms with Gasteiger partial charge in [-0.05, 0) is 52.2 Å². The largest absolute Gasteiger partial charge is 0.493 e. The lowest BCUT2D eigenvalue weighted by Crippen LogP contribution is -1.98. The lowest BCUT2D eigenvalue weighted by molar-refractivity contribution is 0.133. The Labute approximate surface area is 186 Å². The van der Waals surface area contributed by atoms with Gasteiger partial charge in [-0.3, -0.25) is 0 Å². The maximum absolute atomic E-state index is 5.92. The Morgan fingerprint density at radius 1 is 0.839 bits per heavy atom. The molecular formula is C26H22ClNO3. The average Bonchev–Trinajstić information content (AvgIpc) is 2.82. The van der Waals surface area contributed by atoms with Crippen LogP contribution in [0.4, 0.5) is 0 Å². The van der Waals surface area contributed by atoms with Crippen molar-refractivity contribution in [1.82, 2.24) is 0 Å². The van der Waals surface area contributed by atoms with Crippen molar-refractivity contribution in [3.8, 4) is 11.5 Å². The van der Waals surface area contributed by atoms with Gasteiger partial charge in [0.25, 0.3) is 0 Å². The Morgan fingerprint density at radius 2 is 1.65 bits per heavy atom. The van der Waals surface area contributed by atoms with E-state index < -0.39 is 0 Å². The topological polar surface area (TPSA) is 40.0 Å². The first kappa shape index (κ1) is 20.8. The molecule has 0 saturated carbocycles. The van der Waals surface area contributed by atoms with Crippen LogP contribution in [0.25, 0.3) is 10.8 Å². The molecule has 0 N–H and O–H groups in total. The molecule has 0 aliphatic rings. The summed E-state index contributed by atoms with van der Waals surface area (Å²) in [7, 11) is 1.61. The van der Waals surface area contributed by atoms with Gasteiger partial charge in [0, 0.05) is 10.6 Å². The summed E-state index contributed by atoms with van der Waals surface area (Å²) >= 11 is 5.92. The average molecular weight is 432 g/mol. The number of rotatable bonds is 8. The second kappa shape index (κ2) is 10.0. The van der Waals surface area contributed by atoms with Crippen molar-refractivity contribution in [2.75, 3.05) is 7.11 Å². The van der Waals surface area contributed by atoms with Gasteiger partial charge in [-0.2, -0.15) is 0 Å². The molecule has 156 valence electrons. The second-order valence-corrected chi connectivity index (χ2v) is 7.41. The maximum atomic E-state index is 5.92. The molecule has 4 rings (SSSR count). The molecule has 0 fully saturated rings. The zero-order valence-electron chi connectivity index (χ0n) is 17.1. The van der Waals surface area contributed by atoms with Gasteiger partial charge in [0.2, 0.25) is 0 Å².